The molecule has 0 saturated carbocycles. The van der Waals surface area contributed by atoms with Gasteiger partial charge in [-0.2, -0.15) is 4.31 Å². The Kier molecular flexibility index (Phi) is 5.64. The number of sulfonamides is 1. The van der Waals surface area contributed by atoms with E-state index in [2.05, 4.69) is 0 Å². The number of likely N-dealkylation sites (tertiary alicyclic amines) is 1. The molecule has 0 aromatic heterocycles. The predicted molar refractivity (Wildman–Crippen MR) is 96.7 cm³/mol. The molecule has 2 N–H and O–H groups in total. The minimum absolute atomic E-state index is 0.0354. The molecule has 6 nitrogen and oxygen atoms in total. The normalized spacial score (nSPS) is 21.1. The van der Waals surface area contributed by atoms with E-state index >= 15 is 0 Å². The molecule has 0 bridgehead atoms. The van der Waals surface area contributed by atoms with Crippen LogP contribution in [0.2, 0.25) is 0 Å². The zero-order valence-corrected chi connectivity index (χ0v) is 15.8. The van der Waals surface area contributed by atoms with Crippen molar-refractivity contribution in [2.24, 2.45) is 11.7 Å². The Morgan fingerprint density at radius 1 is 1.19 bits per heavy atom. The maximum atomic E-state index is 14.5. The van der Waals surface area contributed by atoms with Crippen molar-refractivity contribution in [3.8, 4) is 0 Å². The molecule has 2 aliphatic rings. The summed E-state index contributed by atoms with van der Waals surface area (Å²) < 4.78 is 41.4. The first-order chi connectivity index (χ1) is 12.3. The predicted octanol–water partition coefficient (Wildman–Crippen LogP) is 1.81. The van der Waals surface area contributed by atoms with Crippen LogP contribution >= 0.6 is 0 Å². The van der Waals surface area contributed by atoms with Crippen LogP contribution in [0.25, 0.3) is 0 Å². The summed E-state index contributed by atoms with van der Waals surface area (Å²) in [6.07, 6.45) is 3.23. The first-order valence-electron chi connectivity index (χ1n) is 9.15. The van der Waals surface area contributed by atoms with Crippen LogP contribution in [-0.2, 0) is 10.0 Å². The molecule has 26 heavy (non-hydrogen) atoms. The molecule has 1 atom stereocenters. The van der Waals surface area contributed by atoms with Crippen LogP contribution in [0, 0.1) is 11.7 Å². The first kappa shape index (κ1) is 19.3. The van der Waals surface area contributed by atoms with Gasteiger partial charge in [-0.3, -0.25) is 4.79 Å². The van der Waals surface area contributed by atoms with Gasteiger partial charge in [0, 0.05) is 32.2 Å². The van der Waals surface area contributed by atoms with E-state index in [9.17, 15) is 17.6 Å². The summed E-state index contributed by atoms with van der Waals surface area (Å²) in [6.45, 7) is 3.93. The molecule has 3 rings (SSSR count). The van der Waals surface area contributed by atoms with Gasteiger partial charge < -0.3 is 10.6 Å². The van der Waals surface area contributed by atoms with Gasteiger partial charge in [-0.05, 0) is 56.7 Å². The summed E-state index contributed by atoms with van der Waals surface area (Å²) in [7, 11) is -3.77. The number of benzene rings is 1. The molecule has 1 amide bonds. The molecule has 0 aliphatic carbocycles. The molecule has 1 aromatic rings. The van der Waals surface area contributed by atoms with E-state index < -0.39 is 15.8 Å². The van der Waals surface area contributed by atoms with Crippen LogP contribution in [0.4, 0.5) is 4.39 Å². The quantitative estimate of drug-likeness (QED) is 0.859. The van der Waals surface area contributed by atoms with E-state index in [1.165, 1.54) is 16.4 Å². The molecule has 0 spiro atoms. The number of nitrogens with zero attached hydrogens (tertiary/aromatic N) is 2. The van der Waals surface area contributed by atoms with Crippen molar-refractivity contribution < 1.29 is 17.6 Å². The number of hydrogen-bond donors (Lipinski definition) is 1. The second kappa shape index (κ2) is 7.62. The highest BCUT2D eigenvalue weighted by Crippen LogP contribution is 2.26. The minimum Gasteiger partial charge on any atom is -0.339 e. The fraction of sp³-hybridized carbons (Fsp3) is 0.611. The Balaban J connectivity index is 1.76. The molecule has 0 radical (unpaired) electrons. The maximum Gasteiger partial charge on any atom is 0.256 e. The van der Waals surface area contributed by atoms with Crippen molar-refractivity contribution >= 4 is 15.9 Å². The number of rotatable bonds is 4. The van der Waals surface area contributed by atoms with Crippen LogP contribution in [0.5, 0.6) is 0 Å². The van der Waals surface area contributed by atoms with Gasteiger partial charge in [0.05, 0.1) is 10.5 Å². The number of halogens is 1. The highest BCUT2D eigenvalue weighted by Gasteiger charge is 2.31. The van der Waals surface area contributed by atoms with Crippen LogP contribution in [0.1, 0.15) is 43.0 Å². The molecule has 1 unspecified atom stereocenters. The van der Waals surface area contributed by atoms with Gasteiger partial charge in [0.2, 0.25) is 10.0 Å². The Morgan fingerprint density at radius 3 is 2.35 bits per heavy atom. The minimum atomic E-state index is -3.77. The fourth-order valence-corrected chi connectivity index (χ4v) is 5.19. The number of amides is 1. The van der Waals surface area contributed by atoms with Crippen molar-refractivity contribution in [3.63, 3.8) is 0 Å². The number of nitrogens with two attached hydrogens (primary N) is 1. The monoisotopic (exact) mass is 383 g/mol. The Labute approximate surface area is 154 Å². The van der Waals surface area contributed by atoms with Crippen molar-refractivity contribution in [3.05, 3.63) is 29.6 Å². The van der Waals surface area contributed by atoms with Crippen molar-refractivity contribution in [2.75, 3.05) is 26.2 Å². The molecule has 8 heteroatoms. The third-order valence-electron chi connectivity index (χ3n) is 5.44. The topological polar surface area (TPSA) is 83.7 Å². The molecular formula is C18H26FN3O3S. The van der Waals surface area contributed by atoms with E-state index in [1.54, 1.807) is 4.90 Å². The fourth-order valence-electron chi connectivity index (χ4n) is 3.71. The highest BCUT2D eigenvalue weighted by atomic mass is 32.2. The summed E-state index contributed by atoms with van der Waals surface area (Å²) in [6, 6.07) is 3.63. The van der Waals surface area contributed by atoms with E-state index in [1.807, 2.05) is 6.92 Å². The van der Waals surface area contributed by atoms with Crippen molar-refractivity contribution in [1.82, 2.24) is 9.21 Å². The number of hydrogen-bond acceptors (Lipinski definition) is 4. The SMILES string of the molecule is CC(N)C1CCN(S(=O)(=O)c2ccc(C(=O)N3CCCC3)c(F)c2)CC1. The Bertz CT molecular complexity index is 768. The molecule has 2 saturated heterocycles. The van der Waals surface area contributed by atoms with Gasteiger partial charge in [-0.25, -0.2) is 12.8 Å². The van der Waals surface area contributed by atoms with Gasteiger partial charge in [0.15, 0.2) is 0 Å². The molecule has 2 aliphatic heterocycles. The summed E-state index contributed by atoms with van der Waals surface area (Å²) >= 11 is 0. The van der Waals surface area contributed by atoms with E-state index in [4.69, 9.17) is 5.73 Å². The summed E-state index contributed by atoms with van der Waals surface area (Å²) in [5, 5.41) is 0. The van der Waals surface area contributed by atoms with Gasteiger partial charge in [0.25, 0.3) is 5.91 Å². The van der Waals surface area contributed by atoms with Crippen LogP contribution < -0.4 is 5.73 Å². The molecule has 2 fully saturated rings. The molecule has 1 aromatic carbocycles. The Hall–Kier alpha value is -1.51. The van der Waals surface area contributed by atoms with Crippen molar-refractivity contribution in [2.45, 2.75) is 43.5 Å². The lowest BCUT2D eigenvalue weighted by atomic mass is 9.92. The van der Waals surface area contributed by atoms with E-state index in [0.29, 0.717) is 44.9 Å². The van der Waals surface area contributed by atoms with E-state index in [-0.39, 0.29) is 22.4 Å². The third-order valence-corrected chi connectivity index (χ3v) is 7.34. The van der Waals surface area contributed by atoms with Crippen LogP contribution in [0.3, 0.4) is 0 Å². The highest BCUT2D eigenvalue weighted by molar-refractivity contribution is 7.89. The molecule has 144 valence electrons. The van der Waals surface area contributed by atoms with Gasteiger partial charge in [0.1, 0.15) is 5.82 Å². The van der Waals surface area contributed by atoms with Crippen LogP contribution in [0.15, 0.2) is 23.1 Å². The summed E-state index contributed by atoms with van der Waals surface area (Å²) in [5.74, 6) is -0.853. The van der Waals surface area contributed by atoms with Crippen LogP contribution in [-0.4, -0.2) is 55.8 Å². The lowest BCUT2D eigenvalue weighted by Crippen LogP contribution is -2.42. The van der Waals surface area contributed by atoms with Gasteiger partial charge in [-0.1, -0.05) is 0 Å². The summed E-state index contributed by atoms with van der Waals surface area (Å²) in [4.78, 5) is 13.8. The Morgan fingerprint density at radius 2 is 1.81 bits per heavy atom. The standard InChI is InChI=1S/C18H26FN3O3S/c1-13(20)14-6-10-22(11-7-14)26(24,25)15-4-5-16(17(19)12-15)18(23)21-8-2-3-9-21/h4-5,12-14H,2-3,6-11,20H2,1H3. The first-order valence-corrected chi connectivity index (χ1v) is 10.6. The van der Waals surface area contributed by atoms with Gasteiger partial charge >= 0.3 is 0 Å². The summed E-state index contributed by atoms with van der Waals surface area (Å²) in [5.41, 5.74) is 5.83. The average Bonchev–Trinajstić information content (AvgIpc) is 3.15. The average molecular weight is 383 g/mol. The smallest absolute Gasteiger partial charge is 0.256 e. The maximum absolute atomic E-state index is 14.5. The second-order valence-corrected chi connectivity index (χ2v) is 9.18. The number of piperidine rings is 1. The lowest BCUT2D eigenvalue weighted by molar-refractivity contribution is 0.0788. The molecular weight excluding hydrogens is 357 g/mol. The zero-order valence-electron chi connectivity index (χ0n) is 15.0. The van der Waals surface area contributed by atoms with E-state index in [0.717, 1.165) is 18.9 Å². The van der Waals surface area contributed by atoms with Crippen molar-refractivity contribution in [1.29, 1.82) is 0 Å². The van der Waals surface area contributed by atoms with Gasteiger partial charge in [-0.15, -0.1) is 0 Å². The lowest BCUT2D eigenvalue weighted by Gasteiger charge is -2.33. The number of carbonyl (C=O) groups is 1. The number of carbonyl (C=O) groups excluding carboxylic acids is 1. The molecule has 2 heterocycles. The second-order valence-electron chi connectivity index (χ2n) is 7.24. The zero-order chi connectivity index (χ0) is 18.9. The third kappa shape index (κ3) is 3.77. The largest absolute Gasteiger partial charge is 0.339 e.